The minimum absolute atomic E-state index is 0.126. The molecule has 0 unspecified atom stereocenters. The summed E-state index contributed by atoms with van der Waals surface area (Å²) < 4.78 is 0. The standard InChI is InChI=1S/C8H8N2O2/c11-8(12)7-5-3-1-2-4-6(5)9-10-7/h3-4,9H,1-2H2,(H,11,12). The number of hydrogen-bond acceptors (Lipinski definition) is 2. The summed E-state index contributed by atoms with van der Waals surface area (Å²) in [6.07, 6.45) is 5.72. The summed E-state index contributed by atoms with van der Waals surface area (Å²) in [6, 6.07) is 0. The Morgan fingerprint density at radius 1 is 1.50 bits per heavy atom. The molecule has 2 N–H and O–H groups in total. The number of nitrogens with one attached hydrogen (secondary N) is 1. The fraction of sp³-hybridized carbons (Fsp3) is 0.250. The molecule has 0 spiro atoms. The van der Waals surface area contributed by atoms with E-state index in [1.165, 1.54) is 0 Å². The molecule has 12 heavy (non-hydrogen) atoms. The zero-order valence-electron chi connectivity index (χ0n) is 6.37. The van der Waals surface area contributed by atoms with E-state index < -0.39 is 5.97 Å². The highest BCUT2D eigenvalue weighted by Gasteiger charge is 2.10. The number of aromatic carboxylic acids is 1. The largest absolute Gasteiger partial charge is 0.476 e. The van der Waals surface area contributed by atoms with E-state index in [-0.39, 0.29) is 5.69 Å². The van der Waals surface area contributed by atoms with Gasteiger partial charge in [-0.3, -0.25) is 5.10 Å². The molecular formula is C8H8N2O2. The number of carboxylic acid groups (broad SMARTS) is 1. The highest BCUT2D eigenvalue weighted by molar-refractivity contribution is 5.85. The lowest BCUT2D eigenvalue weighted by molar-refractivity contribution is 0.0689. The molecule has 1 aliphatic carbocycles. The molecule has 0 saturated heterocycles. The van der Waals surface area contributed by atoms with Crippen LogP contribution in [0.5, 0.6) is 0 Å². The summed E-state index contributed by atoms with van der Waals surface area (Å²) in [5.74, 6) is -0.973. The molecule has 4 nitrogen and oxygen atoms in total. The van der Waals surface area contributed by atoms with Crippen LogP contribution >= 0.6 is 0 Å². The maximum Gasteiger partial charge on any atom is 0.357 e. The van der Waals surface area contributed by atoms with Crippen molar-refractivity contribution in [3.8, 4) is 0 Å². The lowest BCUT2D eigenvalue weighted by Gasteiger charge is -1.92. The first-order valence-corrected chi connectivity index (χ1v) is 3.77. The Morgan fingerprint density at radius 2 is 2.25 bits per heavy atom. The van der Waals surface area contributed by atoms with Gasteiger partial charge in [-0.05, 0) is 12.8 Å². The van der Waals surface area contributed by atoms with E-state index in [0.717, 1.165) is 23.4 Å². The normalized spacial score (nSPS) is 14.3. The van der Waals surface area contributed by atoms with Crippen molar-refractivity contribution in [3.63, 3.8) is 0 Å². The second-order valence-corrected chi connectivity index (χ2v) is 2.69. The topological polar surface area (TPSA) is 66.0 Å². The van der Waals surface area contributed by atoms with Gasteiger partial charge in [-0.2, -0.15) is 5.10 Å². The Morgan fingerprint density at radius 3 is 3.00 bits per heavy atom. The third-order valence-electron chi connectivity index (χ3n) is 1.90. The SMILES string of the molecule is O=C(O)c1n[nH]c2c1=CCCC=2. The number of carbonyl (C=O) groups is 1. The number of carboxylic acids is 1. The van der Waals surface area contributed by atoms with E-state index in [4.69, 9.17) is 5.11 Å². The first-order chi connectivity index (χ1) is 5.79. The van der Waals surface area contributed by atoms with Crippen LogP contribution in [0.2, 0.25) is 0 Å². The number of H-pyrrole nitrogens is 1. The molecule has 1 aliphatic rings. The van der Waals surface area contributed by atoms with Gasteiger partial charge < -0.3 is 5.11 Å². The molecule has 0 saturated carbocycles. The molecule has 0 aromatic carbocycles. The van der Waals surface area contributed by atoms with Crippen LogP contribution in [0.1, 0.15) is 23.3 Å². The van der Waals surface area contributed by atoms with E-state index in [1.54, 1.807) is 0 Å². The van der Waals surface area contributed by atoms with E-state index in [9.17, 15) is 4.79 Å². The van der Waals surface area contributed by atoms with Gasteiger partial charge in [-0.15, -0.1) is 0 Å². The lowest BCUT2D eigenvalue weighted by atomic mass is 10.1. The predicted octanol–water partition coefficient (Wildman–Crippen LogP) is -0.537. The van der Waals surface area contributed by atoms with Crippen LogP contribution in [-0.4, -0.2) is 21.3 Å². The Bertz CT molecular complexity index is 430. The summed E-state index contributed by atoms with van der Waals surface area (Å²) in [5.41, 5.74) is 0.126. The third-order valence-corrected chi connectivity index (χ3v) is 1.90. The molecule has 2 rings (SSSR count). The van der Waals surface area contributed by atoms with Crippen molar-refractivity contribution in [1.29, 1.82) is 0 Å². The van der Waals surface area contributed by atoms with Gasteiger partial charge in [0.2, 0.25) is 0 Å². The van der Waals surface area contributed by atoms with Crippen LogP contribution in [0.25, 0.3) is 12.2 Å². The maximum atomic E-state index is 10.6. The summed E-state index contributed by atoms with van der Waals surface area (Å²) in [6.45, 7) is 0. The van der Waals surface area contributed by atoms with Crippen molar-refractivity contribution in [2.45, 2.75) is 12.8 Å². The molecule has 4 heteroatoms. The summed E-state index contributed by atoms with van der Waals surface area (Å²) in [7, 11) is 0. The molecule has 0 amide bonds. The summed E-state index contributed by atoms with van der Waals surface area (Å²) in [5, 5.41) is 16.7. The Kier molecular flexibility index (Phi) is 1.46. The Labute approximate surface area is 68.2 Å². The Hall–Kier alpha value is -1.58. The molecule has 1 aromatic heterocycles. The highest BCUT2D eigenvalue weighted by atomic mass is 16.4. The number of fused-ring (bicyclic) bond motifs is 1. The molecule has 0 atom stereocenters. The third kappa shape index (κ3) is 0.922. The maximum absolute atomic E-state index is 10.6. The van der Waals surface area contributed by atoms with Crippen molar-refractivity contribution < 1.29 is 9.90 Å². The Balaban J connectivity index is 2.76. The number of aromatic amines is 1. The van der Waals surface area contributed by atoms with Crippen LogP contribution in [0, 0.1) is 0 Å². The monoisotopic (exact) mass is 164 g/mol. The second kappa shape index (κ2) is 2.48. The van der Waals surface area contributed by atoms with Crippen molar-refractivity contribution in [2.75, 3.05) is 0 Å². The fourth-order valence-corrected chi connectivity index (χ4v) is 1.34. The fourth-order valence-electron chi connectivity index (χ4n) is 1.34. The molecule has 1 aromatic rings. The molecule has 0 bridgehead atoms. The molecule has 1 heterocycles. The molecule has 62 valence electrons. The van der Waals surface area contributed by atoms with Crippen molar-refractivity contribution >= 4 is 18.1 Å². The smallest absolute Gasteiger partial charge is 0.357 e. The first-order valence-electron chi connectivity index (χ1n) is 3.77. The van der Waals surface area contributed by atoms with E-state index in [1.807, 2.05) is 12.2 Å². The van der Waals surface area contributed by atoms with Crippen LogP contribution in [0.3, 0.4) is 0 Å². The van der Waals surface area contributed by atoms with Gasteiger partial charge in [0.1, 0.15) is 0 Å². The molecule has 0 aliphatic heterocycles. The van der Waals surface area contributed by atoms with Crippen LogP contribution < -0.4 is 10.6 Å². The average molecular weight is 164 g/mol. The minimum Gasteiger partial charge on any atom is -0.476 e. The van der Waals surface area contributed by atoms with Gasteiger partial charge in [0.05, 0.1) is 5.35 Å². The average Bonchev–Trinajstić information content (AvgIpc) is 2.47. The van der Waals surface area contributed by atoms with Crippen molar-refractivity contribution in [1.82, 2.24) is 10.2 Å². The van der Waals surface area contributed by atoms with Gasteiger partial charge in [-0.25, -0.2) is 4.79 Å². The summed E-state index contributed by atoms with van der Waals surface area (Å²) >= 11 is 0. The van der Waals surface area contributed by atoms with Gasteiger partial charge in [0.15, 0.2) is 5.69 Å². The predicted molar refractivity (Wildman–Crippen MR) is 43.0 cm³/mol. The summed E-state index contributed by atoms with van der Waals surface area (Å²) in [4.78, 5) is 10.6. The van der Waals surface area contributed by atoms with Crippen molar-refractivity contribution in [2.24, 2.45) is 0 Å². The molecular weight excluding hydrogens is 156 g/mol. The number of rotatable bonds is 1. The number of hydrogen-bond donors (Lipinski definition) is 2. The van der Waals surface area contributed by atoms with E-state index >= 15 is 0 Å². The number of nitrogens with zero attached hydrogens (tertiary/aromatic N) is 1. The van der Waals surface area contributed by atoms with Crippen LogP contribution in [0.15, 0.2) is 0 Å². The van der Waals surface area contributed by atoms with Gasteiger partial charge in [-0.1, -0.05) is 12.2 Å². The van der Waals surface area contributed by atoms with Crippen molar-refractivity contribution in [3.05, 3.63) is 16.3 Å². The van der Waals surface area contributed by atoms with Gasteiger partial charge >= 0.3 is 5.97 Å². The zero-order valence-corrected chi connectivity index (χ0v) is 6.37. The van der Waals surface area contributed by atoms with Crippen LogP contribution in [-0.2, 0) is 0 Å². The van der Waals surface area contributed by atoms with E-state index in [2.05, 4.69) is 10.2 Å². The molecule has 0 fully saturated rings. The first kappa shape index (κ1) is 7.09. The van der Waals surface area contributed by atoms with E-state index in [0.29, 0.717) is 0 Å². The molecule has 0 radical (unpaired) electrons. The van der Waals surface area contributed by atoms with Gasteiger partial charge in [0.25, 0.3) is 0 Å². The van der Waals surface area contributed by atoms with Crippen LogP contribution in [0.4, 0.5) is 0 Å². The minimum atomic E-state index is -0.973. The second-order valence-electron chi connectivity index (χ2n) is 2.69. The number of aromatic nitrogens is 2. The zero-order chi connectivity index (χ0) is 8.55. The highest BCUT2D eigenvalue weighted by Crippen LogP contribution is 1.95. The quantitative estimate of drug-likeness (QED) is 0.586. The lowest BCUT2D eigenvalue weighted by Crippen LogP contribution is -2.28. The van der Waals surface area contributed by atoms with Gasteiger partial charge in [0, 0.05) is 5.22 Å².